The quantitative estimate of drug-likeness (QED) is 0.471. The third-order valence-corrected chi connectivity index (χ3v) is 6.05. The van der Waals surface area contributed by atoms with Crippen LogP contribution < -0.4 is 4.74 Å². The minimum absolute atomic E-state index is 0.0912. The normalized spacial score (nSPS) is 14.5. The number of nitrogens with zero attached hydrogens (tertiary/aromatic N) is 5. The number of carbonyl (C=O) groups excluding carboxylic acids is 1. The maximum absolute atomic E-state index is 12.9. The number of benzene rings is 2. The van der Waals surface area contributed by atoms with Crippen LogP contribution in [0.5, 0.6) is 5.75 Å². The average molecular weight is 442 g/mol. The molecule has 0 radical (unpaired) electrons. The Bertz CT molecular complexity index is 1270. The van der Waals surface area contributed by atoms with Crippen LogP contribution in [0.1, 0.15) is 17.3 Å². The van der Waals surface area contributed by atoms with Crippen LogP contribution in [0, 0.1) is 0 Å². The minimum Gasteiger partial charge on any atom is -0.494 e. The van der Waals surface area contributed by atoms with Crippen LogP contribution in [0.3, 0.4) is 0 Å². The molecule has 7 heteroatoms. The molecule has 1 aliphatic heterocycles. The van der Waals surface area contributed by atoms with Crippen molar-refractivity contribution in [3.05, 3.63) is 72.7 Å². The topological polar surface area (TPSA) is 63.0 Å². The maximum atomic E-state index is 12.9. The minimum atomic E-state index is 0.0912. The molecule has 1 fully saturated rings. The molecule has 2 aromatic carbocycles. The summed E-state index contributed by atoms with van der Waals surface area (Å²) in [5.74, 6) is 0.914. The molecular weight excluding hydrogens is 414 g/mol. The molecule has 33 heavy (non-hydrogen) atoms. The van der Waals surface area contributed by atoms with Crippen molar-refractivity contribution in [1.82, 2.24) is 24.2 Å². The predicted molar refractivity (Wildman–Crippen MR) is 128 cm³/mol. The van der Waals surface area contributed by atoms with E-state index in [0.29, 0.717) is 12.2 Å². The van der Waals surface area contributed by atoms with Crippen LogP contribution in [-0.4, -0.2) is 69.9 Å². The lowest BCUT2D eigenvalue weighted by molar-refractivity contribution is 0.0664. The molecule has 0 unspecified atom stereocenters. The molecule has 0 bridgehead atoms. The third kappa shape index (κ3) is 4.32. The number of hydrogen-bond donors (Lipinski definition) is 0. The van der Waals surface area contributed by atoms with Gasteiger partial charge in [-0.2, -0.15) is 0 Å². The van der Waals surface area contributed by atoms with E-state index in [0.717, 1.165) is 60.1 Å². The Morgan fingerprint density at radius 1 is 0.970 bits per heavy atom. The van der Waals surface area contributed by atoms with Crippen LogP contribution in [0.4, 0.5) is 0 Å². The van der Waals surface area contributed by atoms with Crippen molar-refractivity contribution < 1.29 is 9.53 Å². The second-order valence-corrected chi connectivity index (χ2v) is 8.28. The van der Waals surface area contributed by atoms with Gasteiger partial charge in [-0.3, -0.25) is 14.2 Å². The molecule has 0 saturated carbocycles. The predicted octanol–water partition coefficient (Wildman–Crippen LogP) is 3.85. The molecule has 3 heterocycles. The van der Waals surface area contributed by atoms with Gasteiger partial charge in [0.1, 0.15) is 5.75 Å². The molecule has 0 aliphatic carbocycles. The molecule has 0 N–H and O–H groups in total. The van der Waals surface area contributed by atoms with Crippen molar-refractivity contribution >= 4 is 11.6 Å². The monoisotopic (exact) mass is 441 g/mol. The van der Waals surface area contributed by atoms with Crippen molar-refractivity contribution in [3.63, 3.8) is 0 Å². The van der Waals surface area contributed by atoms with Crippen LogP contribution in [-0.2, 0) is 0 Å². The summed E-state index contributed by atoms with van der Waals surface area (Å²) in [5, 5.41) is 0. The van der Waals surface area contributed by atoms with E-state index in [4.69, 9.17) is 4.74 Å². The first kappa shape index (κ1) is 21.2. The van der Waals surface area contributed by atoms with Crippen molar-refractivity contribution in [2.45, 2.75) is 6.92 Å². The first-order valence-electron chi connectivity index (χ1n) is 11.3. The SMILES string of the molecule is CCOc1cccc(-c2cn3c(-c4ccc(C(=O)N5CCN(C)CC5)cc4)cnc3cn2)c1. The Hall–Kier alpha value is -3.71. The van der Waals surface area contributed by atoms with Gasteiger partial charge in [0.2, 0.25) is 0 Å². The van der Waals surface area contributed by atoms with E-state index < -0.39 is 0 Å². The number of likely N-dealkylation sites (N-methyl/N-ethyl adjacent to an activating group) is 1. The number of ether oxygens (including phenoxy) is 1. The number of piperazine rings is 1. The van der Waals surface area contributed by atoms with Gasteiger partial charge in [-0.1, -0.05) is 24.3 Å². The summed E-state index contributed by atoms with van der Waals surface area (Å²) < 4.78 is 7.67. The van der Waals surface area contributed by atoms with Crippen LogP contribution in [0.25, 0.3) is 28.2 Å². The number of hydrogen-bond acceptors (Lipinski definition) is 5. The van der Waals surface area contributed by atoms with Gasteiger partial charge in [-0.25, -0.2) is 4.98 Å². The van der Waals surface area contributed by atoms with E-state index in [1.807, 2.05) is 77.1 Å². The fourth-order valence-electron chi connectivity index (χ4n) is 4.14. The largest absolute Gasteiger partial charge is 0.494 e. The van der Waals surface area contributed by atoms with Crippen LogP contribution in [0.15, 0.2) is 67.1 Å². The van der Waals surface area contributed by atoms with E-state index >= 15 is 0 Å². The zero-order valence-electron chi connectivity index (χ0n) is 18.9. The molecule has 168 valence electrons. The number of rotatable bonds is 5. The van der Waals surface area contributed by atoms with E-state index in [2.05, 4.69) is 21.9 Å². The Morgan fingerprint density at radius 2 is 1.76 bits per heavy atom. The van der Waals surface area contributed by atoms with E-state index in [1.54, 1.807) is 6.20 Å². The molecule has 0 spiro atoms. The molecule has 0 atom stereocenters. The second-order valence-electron chi connectivity index (χ2n) is 8.28. The molecule has 2 aromatic heterocycles. The lowest BCUT2D eigenvalue weighted by atomic mass is 10.1. The van der Waals surface area contributed by atoms with Crippen LogP contribution in [0.2, 0.25) is 0 Å². The highest BCUT2D eigenvalue weighted by atomic mass is 16.5. The number of carbonyl (C=O) groups is 1. The number of amides is 1. The van der Waals surface area contributed by atoms with Gasteiger partial charge in [0, 0.05) is 49.1 Å². The smallest absolute Gasteiger partial charge is 0.253 e. The molecule has 5 rings (SSSR count). The van der Waals surface area contributed by atoms with Crippen LogP contribution >= 0.6 is 0 Å². The highest BCUT2D eigenvalue weighted by Gasteiger charge is 2.20. The van der Waals surface area contributed by atoms with Gasteiger partial charge >= 0.3 is 0 Å². The molecular formula is C26H27N5O2. The summed E-state index contributed by atoms with van der Waals surface area (Å²) in [6.07, 6.45) is 5.61. The molecule has 7 nitrogen and oxygen atoms in total. The van der Waals surface area contributed by atoms with E-state index in [1.165, 1.54) is 0 Å². The van der Waals surface area contributed by atoms with Gasteiger partial charge in [-0.05, 0) is 38.2 Å². The van der Waals surface area contributed by atoms with Crippen molar-refractivity contribution in [2.24, 2.45) is 0 Å². The Morgan fingerprint density at radius 3 is 2.52 bits per heavy atom. The Kier molecular flexibility index (Phi) is 5.79. The third-order valence-electron chi connectivity index (χ3n) is 6.05. The van der Waals surface area contributed by atoms with Gasteiger partial charge in [0.25, 0.3) is 5.91 Å². The fourth-order valence-corrected chi connectivity index (χ4v) is 4.14. The lowest BCUT2D eigenvalue weighted by Crippen LogP contribution is -2.47. The second kappa shape index (κ2) is 9.03. The summed E-state index contributed by atoms with van der Waals surface area (Å²) in [7, 11) is 2.09. The summed E-state index contributed by atoms with van der Waals surface area (Å²) in [4.78, 5) is 26.1. The molecule has 4 aromatic rings. The number of aromatic nitrogens is 3. The highest BCUT2D eigenvalue weighted by molar-refractivity contribution is 5.94. The number of imidazole rings is 1. The summed E-state index contributed by atoms with van der Waals surface area (Å²) in [6, 6.07) is 15.7. The first-order valence-corrected chi connectivity index (χ1v) is 11.3. The molecule has 1 saturated heterocycles. The molecule has 1 aliphatic rings. The average Bonchev–Trinajstić information content (AvgIpc) is 3.28. The molecule has 1 amide bonds. The van der Waals surface area contributed by atoms with E-state index in [-0.39, 0.29) is 5.91 Å². The van der Waals surface area contributed by atoms with Gasteiger partial charge in [0.15, 0.2) is 5.65 Å². The van der Waals surface area contributed by atoms with E-state index in [9.17, 15) is 4.79 Å². The Balaban J connectivity index is 1.42. The Labute approximate surface area is 193 Å². The maximum Gasteiger partial charge on any atom is 0.253 e. The van der Waals surface area contributed by atoms with Crippen molar-refractivity contribution in [2.75, 3.05) is 39.8 Å². The first-order chi connectivity index (χ1) is 16.1. The van der Waals surface area contributed by atoms with Crippen molar-refractivity contribution in [3.8, 4) is 28.3 Å². The fraction of sp³-hybridized carbons (Fsp3) is 0.269. The van der Waals surface area contributed by atoms with Gasteiger partial charge in [0.05, 0.1) is 30.4 Å². The highest BCUT2D eigenvalue weighted by Crippen LogP contribution is 2.26. The van der Waals surface area contributed by atoms with Crippen molar-refractivity contribution in [1.29, 1.82) is 0 Å². The summed E-state index contributed by atoms with van der Waals surface area (Å²) in [5.41, 5.74) is 5.26. The van der Waals surface area contributed by atoms with Gasteiger partial charge in [-0.15, -0.1) is 0 Å². The standard InChI is InChI=1S/C26H27N5O2/c1-3-33-22-6-4-5-21(15-22)23-18-31-24(16-28-25(31)17-27-23)19-7-9-20(10-8-19)26(32)30-13-11-29(2)12-14-30/h4-10,15-18H,3,11-14H2,1-2H3. The summed E-state index contributed by atoms with van der Waals surface area (Å²) >= 11 is 0. The zero-order chi connectivity index (χ0) is 22.8. The lowest BCUT2D eigenvalue weighted by Gasteiger charge is -2.32. The van der Waals surface area contributed by atoms with Gasteiger partial charge < -0.3 is 14.5 Å². The summed E-state index contributed by atoms with van der Waals surface area (Å²) in [6.45, 7) is 5.95. The zero-order valence-corrected chi connectivity index (χ0v) is 18.9. The number of fused-ring (bicyclic) bond motifs is 1.